The Kier molecular flexibility index (Phi) is 5.20. The first-order valence-corrected chi connectivity index (χ1v) is 10.2. The number of fused-ring (bicyclic) bond motifs is 2. The van der Waals surface area contributed by atoms with Crippen molar-refractivity contribution in [1.29, 1.82) is 0 Å². The number of hydrogen-bond acceptors (Lipinski definition) is 5. The average molecular weight is 380 g/mol. The van der Waals surface area contributed by atoms with Crippen LogP contribution in [0, 0.1) is 0 Å². The van der Waals surface area contributed by atoms with Gasteiger partial charge < -0.3 is 14.5 Å². The SMILES string of the molecule is CCC(=O)N1[C@@H]2CC[C@H]1CN(c1ccc(-c3cnc(CC)cc3OC)cn1)C2. The van der Waals surface area contributed by atoms with Crippen molar-refractivity contribution >= 4 is 11.7 Å². The Morgan fingerprint density at radius 2 is 1.89 bits per heavy atom. The van der Waals surface area contributed by atoms with Crippen LogP contribution in [0.3, 0.4) is 0 Å². The summed E-state index contributed by atoms with van der Waals surface area (Å²) in [6.45, 7) is 5.76. The van der Waals surface area contributed by atoms with E-state index in [0.717, 1.165) is 60.7 Å². The molecule has 0 aliphatic carbocycles. The van der Waals surface area contributed by atoms with Gasteiger partial charge in [0.25, 0.3) is 0 Å². The fraction of sp³-hybridized carbons (Fsp3) is 0.500. The van der Waals surface area contributed by atoms with Crippen LogP contribution in [0.5, 0.6) is 5.75 Å². The van der Waals surface area contributed by atoms with Crippen molar-refractivity contribution in [3.8, 4) is 16.9 Å². The summed E-state index contributed by atoms with van der Waals surface area (Å²) < 4.78 is 5.55. The summed E-state index contributed by atoms with van der Waals surface area (Å²) in [7, 11) is 1.69. The molecule has 1 amide bonds. The first kappa shape index (κ1) is 18.7. The van der Waals surface area contributed by atoms with E-state index in [9.17, 15) is 4.79 Å². The Labute approximate surface area is 166 Å². The number of pyridine rings is 2. The molecule has 2 bridgehead atoms. The monoisotopic (exact) mass is 380 g/mol. The van der Waals surface area contributed by atoms with Gasteiger partial charge in [0.15, 0.2) is 0 Å². The lowest BCUT2D eigenvalue weighted by Crippen LogP contribution is -2.56. The predicted molar refractivity (Wildman–Crippen MR) is 110 cm³/mol. The molecule has 0 unspecified atom stereocenters. The van der Waals surface area contributed by atoms with Crippen molar-refractivity contribution in [1.82, 2.24) is 14.9 Å². The molecule has 2 aliphatic heterocycles. The Bertz CT molecular complexity index is 838. The molecule has 4 rings (SSSR count). The lowest BCUT2D eigenvalue weighted by Gasteiger charge is -2.41. The number of anilines is 1. The van der Waals surface area contributed by atoms with E-state index in [0.29, 0.717) is 18.5 Å². The molecule has 0 N–H and O–H groups in total. The van der Waals surface area contributed by atoms with Crippen LogP contribution in [0.4, 0.5) is 5.82 Å². The normalized spacial score (nSPS) is 21.1. The molecule has 2 saturated heterocycles. The molecule has 2 atom stereocenters. The standard InChI is InChI=1S/C22H28N4O2/c1-4-16-10-20(28-3)19(12-23-16)15-6-9-21(24-11-15)25-13-17-7-8-18(14-25)26(17)22(27)5-2/h6,9-12,17-18H,4-5,7-8,13-14H2,1-3H3/t17-,18+. The van der Waals surface area contributed by atoms with Gasteiger partial charge in [0.2, 0.25) is 5.91 Å². The van der Waals surface area contributed by atoms with Gasteiger partial charge >= 0.3 is 0 Å². The molecule has 0 radical (unpaired) electrons. The Morgan fingerprint density at radius 1 is 1.14 bits per heavy atom. The largest absolute Gasteiger partial charge is 0.496 e. The van der Waals surface area contributed by atoms with Gasteiger partial charge in [-0.15, -0.1) is 0 Å². The molecule has 6 nitrogen and oxygen atoms in total. The van der Waals surface area contributed by atoms with Gasteiger partial charge in [0.05, 0.1) is 7.11 Å². The molecule has 148 valence electrons. The number of piperazine rings is 1. The van der Waals surface area contributed by atoms with E-state index in [1.165, 1.54) is 0 Å². The molecular weight excluding hydrogens is 352 g/mol. The van der Waals surface area contributed by atoms with E-state index >= 15 is 0 Å². The molecule has 0 spiro atoms. The van der Waals surface area contributed by atoms with Gasteiger partial charge in [-0.25, -0.2) is 4.98 Å². The van der Waals surface area contributed by atoms with Crippen molar-refractivity contribution < 1.29 is 9.53 Å². The molecule has 0 saturated carbocycles. The Balaban J connectivity index is 1.53. The van der Waals surface area contributed by atoms with Gasteiger partial charge in [-0.2, -0.15) is 0 Å². The second-order valence-corrected chi connectivity index (χ2v) is 7.58. The fourth-order valence-electron chi connectivity index (χ4n) is 4.47. The van der Waals surface area contributed by atoms with Crippen LogP contribution in [0.1, 0.15) is 38.8 Å². The number of rotatable bonds is 5. The molecule has 2 aromatic rings. The average Bonchev–Trinajstić information content (AvgIpc) is 3.02. The molecule has 6 heteroatoms. The number of aromatic nitrogens is 2. The Hall–Kier alpha value is -2.63. The molecule has 0 aromatic carbocycles. The van der Waals surface area contributed by atoms with Crippen LogP contribution in [0.2, 0.25) is 0 Å². The van der Waals surface area contributed by atoms with Crippen molar-refractivity contribution in [3.05, 3.63) is 36.3 Å². The smallest absolute Gasteiger partial charge is 0.222 e. The van der Waals surface area contributed by atoms with E-state index in [1.54, 1.807) is 7.11 Å². The number of methoxy groups -OCH3 is 1. The highest BCUT2D eigenvalue weighted by Crippen LogP contribution is 2.34. The van der Waals surface area contributed by atoms with E-state index < -0.39 is 0 Å². The van der Waals surface area contributed by atoms with Crippen molar-refractivity contribution in [2.75, 3.05) is 25.1 Å². The summed E-state index contributed by atoms with van der Waals surface area (Å²) in [5.41, 5.74) is 2.97. The van der Waals surface area contributed by atoms with Gasteiger partial charge in [-0.1, -0.05) is 13.8 Å². The third kappa shape index (κ3) is 3.32. The second kappa shape index (κ2) is 7.78. The van der Waals surface area contributed by atoms with Crippen molar-refractivity contribution in [2.24, 2.45) is 0 Å². The first-order valence-electron chi connectivity index (χ1n) is 10.2. The summed E-state index contributed by atoms with van der Waals surface area (Å²) >= 11 is 0. The number of nitrogens with zero attached hydrogens (tertiary/aromatic N) is 4. The maximum Gasteiger partial charge on any atom is 0.222 e. The molecular formula is C22H28N4O2. The number of carbonyl (C=O) groups is 1. The highest BCUT2D eigenvalue weighted by molar-refractivity contribution is 5.77. The van der Waals surface area contributed by atoms with Crippen LogP contribution in [-0.4, -0.2) is 53.1 Å². The second-order valence-electron chi connectivity index (χ2n) is 7.58. The quantitative estimate of drug-likeness (QED) is 0.797. The lowest BCUT2D eigenvalue weighted by molar-refractivity contribution is -0.134. The lowest BCUT2D eigenvalue weighted by atomic mass is 10.1. The number of ether oxygens (including phenoxy) is 1. The van der Waals surface area contributed by atoms with Gasteiger partial charge in [0.1, 0.15) is 11.6 Å². The van der Waals surface area contributed by atoms with Crippen molar-refractivity contribution in [2.45, 2.75) is 51.6 Å². The number of amides is 1. The minimum atomic E-state index is 0.283. The van der Waals surface area contributed by atoms with Crippen LogP contribution in [0.15, 0.2) is 30.6 Å². The van der Waals surface area contributed by atoms with Gasteiger partial charge in [-0.3, -0.25) is 9.78 Å². The molecule has 4 heterocycles. The van der Waals surface area contributed by atoms with Gasteiger partial charge in [0, 0.05) is 66.9 Å². The number of carbonyl (C=O) groups excluding carboxylic acids is 1. The summed E-state index contributed by atoms with van der Waals surface area (Å²) in [5, 5.41) is 0. The van der Waals surface area contributed by atoms with Crippen molar-refractivity contribution in [3.63, 3.8) is 0 Å². The van der Waals surface area contributed by atoms with E-state index in [1.807, 2.05) is 25.4 Å². The number of hydrogen-bond donors (Lipinski definition) is 0. The fourth-order valence-corrected chi connectivity index (χ4v) is 4.47. The zero-order valence-electron chi connectivity index (χ0n) is 16.9. The van der Waals surface area contributed by atoms with Gasteiger partial charge in [-0.05, 0) is 31.4 Å². The topological polar surface area (TPSA) is 58.6 Å². The third-order valence-electron chi connectivity index (χ3n) is 5.96. The third-order valence-corrected chi connectivity index (χ3v) is 5.96. The maximum atomic E-state index is 12.3. The molecule has 2 aliphatic rings. The minimum Gasteiger partial charge on any atom is -0.496 e. The molecule has 2 fully saturated rings. The highest BCUT2D eigenvalue weighted by atomic mass is 16.5. The Morgan fingerprint density at radius 3 is 2.46 bits per heavy atom. The van der Waals surface area contributed by atoms with E-state index in [-0.39, 0.29) is 5.91 Å². The minimum absolute atomic E-state index is 0.283. The summed E-state index contributed by atoms with van der Waals surface area (Å²) in [6.07, 6.45) is 7.42. The maximum absolute atomic E-state index is 12.3. The van der Waals surface area contributed by atoms with Crippen LogP contribution in [0.25, 0.3) is 11.1 Å². The van der Waals surface area contributed by atoms with Crippen LogP contribution >= 0.6 is 0 Å². The summed E-state index contributed by atoms with van der Waals surface area (Å²) in [4.78, 5) is 25.9. The van der Waals surface area contributed by atoms with Crippen LogP contribution < -0.4 is 9.64 Å². The van der Waals surface area contributed by atoms with E-state index in [2.05, 4.69) is 33.8 Å². The first-order chi connectivity index (χ1) is 13.6. The highest BCUT2D eigenvalue weighted by Gasteiger charge is 2.42. The predicted octanol–water partition coefficient (Wildman–Crippen LogP) is 3.30. The summed E-state index contributed by atoms with van der Waals surface area (Å²) in [5.74, 6) is 2.08. The zero-order chi connectivity index (χ0) is 19.7. The molecule has 28 heavy (non-hydrogen) atoms. The summed E-state index contributed by atoms with van der Waals surface area (Å²) in [6, 6.07) is 6.78. The zero-order valence-corrected chi connectivity index (χ0v) is 16.9. The molecule has 2 aromatic heterocycles. The van der Waals surface area contributed by atoms with Crippen LogP contribution in [-0.2, 0) is 11.2 Å². The number of aryl methyl sites for hydroxylation is 1. The van der Waals surface area contributed by atoms with E-state index in [4.69, 9.17) is 9.72 Å².